The fourth-order valence-electron chi connectivity index (χ4n) is 2.27. The maximum absolute atomic E-state index is 11.4. The van der Waals surface area contributed by atoms with Gasteiger partial charge < -0.3 is 5.73 Å². The minimum absolute atomic E-state index is 0.0180. The molecule has 1 aliphatic heterocycles. The number of hydrogen-bond acceptors (Lipinski definition) is 5. The van der Waals surface area contributed by atoms with Crippen molar-refractivity contribution in [1.82, 2.24) is 9.96 Å². The van der Waals surface area contributed by atoms with Crippen molar-refractivity contribution in [2.24, 2.45) is 5.73 Å². The van der Waals surface area contributed by atoms with E-state index in [1.807, 2.05) is 0 Å². The molecule has 2 amide bonds. The van der Waals surface area contributed by atoms with Gasteiger partial charge in [-0.3, -0.25) is 19.3 Å². The van der Waals surface area contributed by atoms with Gasteiger partial charge in [-0.15, -0.1) is 0 Å². The molecule has 18 heavy (non-hydrogen) atoms. The van der Waals surface area contributed by atoms with Gasteiger partial charge in [-0.25, -0.2) is 5.06 Å². The molecule has 1 saturated heterocycles. The molecule has 0 aliphatic carbocycles. The second-order valence-electron chi connectivity index (χ2n) is 4.30. The zero-order valence-electron chi connectivity index (χ0n) is 10.6. The van der Waals surface area contributed by atoms with E-state index in [0.717, 1.165) is 0 Å². The van der Waals surface area contributed by atoms with E-state index in [1.54, 1.807) is 4.90 Å². The first-order valence-corrected chi connectivity index (χ1v) is 5.75. The van der Waals surface area contributed by atoms with Gasteiger partial charge in [0.05, 0.1) is 31.8 Å². The normalized spacial score (nSPS) is 24.3. The number of primary amides is 1. The molecule has 7 nitrogen and oxygen atoms in total. The Balaban J connectivity index is 2.74. The first-order chi connectivity index (χ1) is 8.49. The number of likely N-dealkylation sites (tertiary alicyclic amines) is 1. The molecular formula is C11H18N4O3. The Labute approximate surface area is 106 Å². The number of carbonyl (C=O) groups is 2. The minimum atomic E-state index is -0.484. The lowest BCUT2D eigenvalue weighted by Crippen LogP contribution is -2.54. The van der Waals surface area contributed by atoms with E-state index < -0.39 is 5.91 Å². The van der Waals surface area contributed by atoms with Gasteiger partial charge in [0, 0.05) is 13.5 Å². The highest BCUT2D eigenvalue weighted by Gasteiger charge is 2.33. The van der Waals surface area contributed by atoms with Gasteiger partial charge in [-0.2, -0.15) is 5.26 Å². The molecule has 1 fully saturated rings. The number of nitrogens with zero attached hydrogens (tertiary/aromatic N) is 3. The van der Waals surface area contributed by atoms with Crippen LogP contribution in [-0.2, 0) is 14.4 Å². The van der Waals surface area contributed by atoms with Gasteiger partial charge in [0.2, 0.25) is 11.8 Å². The summed E-state index contributed by atoms with van der Waals surface area (Å²) in [6, 6.07) is 1.65. The molecule has 1 heterocycles. The summed E-state index contributed by atoms with van der Waals surface area (Å²) in [5.41, 5.74) is 5.15. The third kappa shape index (κ3) is 3.42. The number of nitriles is 1. The van der Waals surface area contributed by atoms with Crippen molar-refractivity contribution in [3.8, 4) is 6.07 Å². The van der Waals surface area contributed by atoms with Gasteiger partial charge in [0.25, 0.3) is 0 Å². The van der Waals surface area contributed by atoms with Crippen molar-refractivity contribution in [3.05, 3.63) is 0 Å². The molecule has 2 atom stereocenters. The molecule has 7 heteroatoms. The molecule has 1 aliphatic rings. The van der Waals surface area contributed by atoms with Crippen LogP contribution in [0.25, 0.3) is 0 Å². The van der Waals surface area contributed by atoms with Crippen molar-refractivity contribution in [3.63, 3.8) is 0 Å². The van der Waals surface area contributed by atoms with Crippen LogP contribution in [0, 0.1) is 11.3 Å². The SMILES string of the molecule is CON(C(C)=O)[C@@H]1CC[C@@H](C#N)N(CC(N)=O)C1. The molecule has 0 bridgehead atoms. The maximum atomic E-state index is 11.4. The Morgan fingerprint density at radius 1 is 1.56 bits per heavy atom. The summed E-state index contributed by atoms with van der Waals surface area (Å²) < 4.78 is 0. The second kappa shape index (κ2) is 6.33. The number of hydrogen-bond donors (Lipinski definition) is 1. The Hall–Kier alpha value is -1.65. The van der Waals surface area contributed by atoms with Crippen molar-refractivity contribution in [2.45, 2.75) is 31.8 Å². The summed E-state index contributed by atoms with van der Waals surface area (Å²) in [5.74, 6) is -0.681. The molecule has 0 unspecified atom stereocenters. The van der Waals surface area contributed by atoms with Crippen LogP contribution >= 0.6 is 0 Å². The zero-order chi connectivity index (χ0) is 13.7. The van der Waals surface area contributed by atoms with E-state index in [-0.39, 0.29) is 24.5 Å². The fourth-order valence-corrected chi connectivity index (χ4v) is 2.27. The highest BCUT2D eigenvalue weighted by Crippen LogP contribution is 2.21. The summed E-state index contributed by atoms with van der Waals surface area (Å²) in [6.45, 7) is 1.84. The third-order valence-corrected chi connectivity index (χ3v) is 3.01. The number of piperidine rings is 1. The van der Waals surface area contributed by atoms with E-state index in [0.29, 0.717) is 19.4 Å². The van der Waals surface area contributed by atoms with Crippen LogP contribution in [0.15, 0.2) is 0 Å². The number of nitrogens with two attached hydrogens (primary N) is 1. The van der Waals surface area contributed by atoms with Crippen LogP contribution in [0.4, 0.5) is 0 Å². The summed E-state index contributed by atoms with van der Waals surface area (Å²) in [4.78, 5) is 29.1. The average molecular weight is 254 g/mol. The first kappa shape index (κ1) is 14.4. The number of rotatable bonds is 4. The minimum Gasteiger partial charge on any atom is -0.369 e. The molecule has 0 aromatic heterocycles. The van der Waals surface area contributed by atoms with E-state index in [1.165, 1.54) is 19.1 Å². The van der Waals surface area contributed by atoms with Crippen LogP contribution < -0.4 is 5.73 Å². The highest BCUT2D eigenvalue weighted by atomic mass is 16.7. The quantitative estimate of drug-likeness (QED) is 0.665. The summed E-state index contributed by atoms with van der Waals surface area (Å²) >= 11 is 0. The van der Waals surface area contributed by atoms with Crippen LogP contribution in [0.3, 0.4) is 0 Å². The van der Waals surface area contributed by atoms with Crippen LogP contribution in [0.1, 0.15) is 19.8 Å². The molecule has 2 N–H and O–H groups in total. The van der Waals surface area contributed by atoms with E-state index in [4.69, 9.17) is 15.8 Å². The second-order valence-corrected chi connectivity index (χ2v) is 4.30. The van der Waals surface area contributed by atoms with Gasteiger partial charge in [0.15, 0.2) is 0 Å². The van der Waals surface area contributed by atoms with E-state index in [9.17, 15) is 9.59 Å². The topological polar surface area (TPSA) is 99.7 Å². The predicted molar refractivity (Wildman–Crippen MR) is 62.7 cm³/mol. The summed E-state index contributed by atoms with van der Waals surface area (Å²) in [6.07, 6.45) is 1.25. The number of hydroxylamine groups is 2. The summed E-state index contributed by atoms with van der Waals surface area (Å²) in [7, 11) is 1.43. The van der Waals surface area contributed by atoms with Crippen molar-refractivity contribution in [1.29, 1.82) is 5.26 Å². The molecule has 1 rings (SSSR count). The molecule has 0 radical (unpaired) electrons. The maximum Gasteiger partial charge on any atom is 0.243 e. The van der Waals surface area contributed by atoms with E-state index >= 15 is 0 Å². The van der Waals surface area contributed by atoms with Crippen molar-refractivity contribution < 1.29 is 14.4 Å². The lowest BCUT2D eigenvalue weighted by molar-refractivity contribution is -0.191. The van der Waals surface area contributed by atoms with Gasteiger partial charge >= 0.3 is 0 Å². The lowest BCUT2D eigenvalue weighted by atomic mass is 9.98. The highest BCUT2D eigenvalue weighted by molar-refractivity contribution is 5.76. The molecular weight excluding hydrogens is 236 g/mol. The Morgan fingerprint density at radius 3 is 2.67 bits per heavy atom. The van der Waals surface area contributed by atoms with Crippen molar-refractivity contribution in [2.75, 3.05) is 20.2 Å². The van der Waals surface area contributed by atoms with Crippen LogP contribution in [0.5, 0.6) is 0 Å². The molecule has 100 valence electrons. The zero-order valence-corrected chi connectivity index (χ0v) is 10.6. The van der Waals surface area contributed by atoms with Gasteiger partial charge in [-0.1, -0.05) is 0 Å². The Morgan fingerprint density at radius 2 is 2.22 bits per heavy atom. The summed E-state index contributed by atoms with van der Waals surface area (Å²) in [5, 5.41) is 10.3. The van der Waals surface area contributed by atoms with Gasteiger partial charge in [0.1, 0.15) is 0 Å². The Bertz CT molecular complexity index is 366. The monoisotopic (exact) mass is 254 g/mol. The lowest BCUT2D eigenvalue weighted by Gasteiger charge is -2.39. The number of carbonyl (C=O) groups excluding carboxylic acids is 2. The number of amides is 2. The molecule has 0 spiro atoms. The average Bonchev–Trinajstić information content (AvgIpc) is 2.29. The molecule has 0 aromatic carbocycles. The van der Waals surface area contributed by atoms with Crippen LogP contribution in [0.2, 0.25) is 0 Å². The van der Waals surface area contributed by atoms with E-state index in [2.05, 4.69) is 6.07 Å². The first-order valence-electron chi connectivity index (χ1n) is 5.75. The third-order valence-electron chi connectivity index (χ3n) is 3.01. The smallest absolute Gasteiger partial charge is 0.243 e. The molecule has 0 aromatic rings. The largest absolute Gasteiger partial charge is 0.369 e. The fraction of sp³-hybridized carbons (Fsp3) is 0.727. The van der Waals surface area contributed by atoms with Crippen LogP contribution in [-0.4, -0.2) is 54.1 Å². The molecule has 0 saturated carbocycles. The van der Waals surface area contributed by atoms with Gasteiger partial charge in [-0.05, 0) is 12.8 Å². The standard InChI is InChI=1S/C11H18N4O3/c1-8(16)15(18-2)10-4-3-9(5-12)14(6-10)7-11(13)17/h9-10H,3-4,6-7H2,1-2H3,(H2,13,17)/t9-,10+/m0/s1. The Kier molecular flexibility index (Phi) is 5.07. The predicted octanol–water partition coefficient (Wildman–Crippen LogP) is -0.762. The van der Waals surface area contributed by atoms with Crippen molar-refractivity contribution >= 4 is 11.8 Å².